The predicted octanol–water partition coefficient (Wildman–Crippen LogP) is 1.24. The van der Waals surface area contributed by atoms with Crippen LogP contribution in [-0.2, 0) is 30.4 Å². The minimum absolute atomic E-state index is 0.899. The highest BCUT2D eigenvalue weighted by Crippen LogP contribution is 2.22. The fourth-order valence-electron chi connectivity index (χ4n) is 2.01. The molecule has 0 heterocycles. The zero-order chi connectivity index (χ0) is 17.6. The van der Waals surface area contributed by atoms with Crippen molar-refractivity contribution in [3.8, 4) is 0 Å². The van der Waals surface area contributed by atoms with E-state index in [9.17, 15) is 0 Å². The summed E-state index contributed by atoms with van der Waals surface area (Å²) < 4.78 is 39.6. The third kappa shape index (κ3) is 5.03. The van der Waals surface area contributed by atoms with E-state index in [1.165, 1.54) is 21.3 Å². The third-order valence-electron chi connectivity index (χ3n) is 3.49. The molecule has 7 nitrogen and oxygen atoms in total. The minimum Gasteiger partial charge on any atom is -0.390 e. The Bertz CT molecular complexity index is 460. The minimum atomic E-state index is -3.31. The lowest BCUT2D eigenvalue weighted by Gasteiger charge is -2.38. The van der Waals surface area contributed by atoms with Gasteiger partial charge < -0.3 is 30.4 Å². The van der Waals surface area contributed by atoms with E-state index in [-0.39, 0.29) is 0 Å². The summed E-state index contributed by atoms with van der Waals surface area (Å²) in [5.74, 6) is 0. The second-order valence-electron chi connectivity index (χ2n) is 4.90. The Labute approximate surface area is 141 Å². The number of benzene rings is 1. The van der Waals surface area contributed by atoms with Gasteiger partial charge in [0.2, 0.25) is 0 Å². The second-order valence-corrected chi connectivity index (χ2v) is 13.8. The molecule has 1 unspecified atom stereocenters. The largest absolute Gasteiger partial charge is 0.670 e. The molecule has 0 N–H and O–H groups in total. The first kappa shape index (κ1) is 20.6. The molecule has 0 fully saturated rings. The summed E-state index contributed by atoms with van der Waals surface area (Å²) in [6.45, 7) is 3.70. The Morgan fingerprint density at radius 1 is 0.652 bits per heavy atom. The summed E-state index contributed by atoms with van der Waals surface area (Å²) in [6.07, 6.45) is 0. The van der Waals surface area contributed by atoms with Crippen LogP contribution in [0.4, 0.5) is 0 Å². The van der Waals surface area contributed by atoms with Gasteiger partial charge in [0.15, 0.2) is 0 Å². The normalized spacial score (nSPS) is 15.4. The van der Waals surface area contributed by atoms with Gasteiger partial charge in [0.25, 0.3) is 0 Å². The van der Waals surface area contributed by atoms with Crippen molar-refractivity contribution in [3.63, 3.8) is 0 Å². The SMILES string of the molecule is CO[Si](C)(OC)O[Si](C)(O[Si](OC)(OC)OC)c1ccccc1. The number of hydrogen-bond acceptors (Lipinski definition) is 7. The van der Waals surface area contributed by atoms with Crippen LogP contribution in [0.1, 0.15) is 0 Å². The van der Waals surface area contributed by atoms with Crippen molar-refractivity contribution in [2.24, 2.45) is 0 Å². The molecule has 0 amide bonds. The van der Waals surface area contributed by atoms with Gasteiger partial charge in [0, 0.05) is 42.1 Å². The number of rotatable bonds is 10. The quantitative estimate of drug-likeness (QED) is 0.568. The summed E-state index contributed by atoms with van der Waals surface area (Å²) in [5, 5.41) is 0.899. The molecule has 0 saturated carbocycles. The average molecular weight is 379 g/mol. The van der Waals surface area contributed by atoms with Crippen molar-refractivity contribution < 1.29 is 30.4 Å². The van der Waals surface area contributed by atoms with Crippen molar-refractivity contribution in [1.82, 2.24) is 0 Å². The Hall–Kier alpha value is -0.409. The Morgan fingerprint density at radius 3 is 1.52 bits per heavy atom. The van der Waals surface area contributed by atoms with Gasteiger partial charge in [-0.05, 0) is 11.7 Å². The van der Waals surface area contributed by atoms with Crippen molar-refractivity contribution in [2.75, 3.05) is 35.5 Å². The van der Waals surface area contributed by atoms with E-state index in [2.05, 4.69) is 0 Å². The molecule has 1 aromatic rings. The predicted molar refractivity (Wildman–Crippen MR) is 92.3 cm³/mol. The van der Waals surface area contributed by atoms with E-state index in [1.807, 2.05) is 36.9 Å². The highest BCUT2D eigenvalue weighted by molar-refractivity contribution is 6.90. The molecule has 0 saturated heterocycles. The van der Waals surface area contributed by atoms with Crippen LogP contribution in [0.2, 0.25) is 13.1 Å². The lowest BCUT2D eigenvalue weighted by atomic mass is 10.4. The molecule has 10 heteroatoms. The summed E-state index contributed by atoms with van der Waals surface area (Å²) >= 11 is 0. The van der Waals surface area contributed by atoms with Gasteiger partial charge in [0.05, 0.1) is 0 Å². The maximum atomic E-state index is 6.28. The Balaban J connectivity index is 3.26. The maximum Gasteiger partial charge on any atom is 0.670 e. The monoisotopic (exact) mass is 378 g/mol. The van der Waals surface area contributed by atoms with Gasteiger partial charge in [-0.1, -0.05) is 30.3 Å². The fraction of sp³-hybridized carbons (Fsp3) is 0.538. The third-order valence-corrected chi connectivity index (χ3v) is 13.5. The van der Waals surface area contributed by atoms with Gasteiger partial charge >= 0.3 is 26.4 Å². The molecule has 132 valence electrons. The van der Waals surface area contributed by atoms with E-state index in [1.54, 1.807) is 20.8 Å². The Morgan fingerprint density at radius 2 is 1.13 bits per heavy atom. The van der Waals surface area contributed by atoms with Crippen molar-refractivity contribution in [1.29, 1.82) is 0 Å². The van der Waals surface area contributed by atoms with Crippen molar-refractivity contribution in [2.45, 2.75) is 13.1 Å². The van der Waals surface area contributed by atoms with Gasteiger partial charge in [0.1, 0.15) is 0 Å². The first-order chi connectivity index (χ1) is 10.8. The Kier molecular flexibility index (Phi) is 7.73. The molecule has 0 aliphatic rings. The van der Waals surface area contributed by atoms with Crippen LogP contribution in [0.15, 0.2) is 30.3 Å². The molecule has 0 aromatic heterocycles. The second kappa shape index (κ2) is 8.62. The van der Waals surface area contributed by atoms with Crippen molar-refractivity contribution in [3.05, 3.63) is 30.3 Å². The first-order valence-corrected chi connectivity index (χ1v) is 13.2. The average Bonchev–Trinajstić information content (AvgIpc) is 2.60. The van der Waals surface area contributed by atoms with Gasteiger partial charge in [-0.25, -0.2) is 0 Å². The van der Waals surface area contributed by atoms with Gasteiger partial charge in [-0.15, -0.1) is 0 Å². The van der Waals surface area contributed by atoms with Crippen LogP contribution >= 0.6 is 0 Å². The zero-order valence-electron chi connectivity index (χ0n) is 14.7. The molecule has 0 bridgehead atoms. The summed E-state index contributed by atoms with van der Waals surface area (Å²) in [5.41, 5.74) is 0. The molecule has 0 spiro atoms. The molecule has 0 aliphatic carbocycles. The summed E-state index contributed by atoms with van der Waals surface area (Å²) in [4.78, 5) is 0. The van der Waals surface area contributed by atoms with E-state index >= 15 is 0 Å². The van der Waals surface area contributed by atoms with E-state index < -0.39 is 26.4 Å². The van der Waals surface area contributed by atoms with Crippen LogP contribution in [0.3, 0.4) is 0 Å². The molecular weight excluding hydrogens is 352 g/mol. The topological polar surface area (TPSA) is 64.6 Å². The lowest BCUT2D eigenvalue weighted by Crippen LogP contribution is -2.66. The highest BCUT2D eigenvalue weighted by Gasteiger charge is 2.55. The van der Waals surface area contributed by atoms with Crippen LogP contribution in [0.5, 0.6) is 0 Å². The van der Waals surface area contributed by atoms with Gasteiger partial charge in [-0.3, -0.25) is 0 Å². The molecule has 0 radical (unpaired) electrons. The van der Waals surface area contributed by atoms with Crippen molar-refractivity contribution >= 4 is 31.6 Å². The van der Waals surface area contributed by atoms with Crippen LogP contribution in [-0.4, -0.2) is 62.0 Å². The molecule has 23 heavy (non-hydrogen) atoms. The van der Waals surface area contributed by atoms with E-state index in [4.69, 9.17) is 30.4 Å². The number of hydrogen-bond donors (Lipinski definition) is 0. The van der Waals surface area contributed by atoms with Crippen LogP contribution < -0.4 is 5.19 Å². The summed E-state index contributed by atoms with van der Waals surface area (Å²) in [6, 6.07) is 9.64. The smallest absolute Gasteiger partial charge is 0.390 e. The standard InChI is InChI=1S/C13H26O7Si3/c1-14-22(7,15-2)19-21(6,13-11-9-8-10-12-13)20-23(16-3,17-4)18-5/h8-12H,1-7H3. The molecule has 1 aromatic carbocycles. The molecule has 1 atom stereocenters. The van der Waals surface area contributed by atoms with E-state index in [0.29, 0.717) is 0 Å². The molecule has 1 rings (SSSR count). The van der Waals surface area contributed by atoms with Crippen LogP contribution in [0.25, 0.3) is 0 Å². The molecule has 0 aliphatic heterocycles. The fourth-order valence-corrected chi connectivity index (χ4v) is 11.4. The van der Waals surface area contributed by atoms with E-state index in [0.717, 1.165) is 5.19 Å². The van der Waals surface area contributed by atoms with Gasteiger partial charge in [-0.2, -0.15) is 0 Å². The molecular formula is C13H26O7Si3. The highest BCUT2D eigenvalue weighted by atomic mass is 28.5. The summed E-state index contributed by atoms with van der Waals surface area (Å²) in [7, 11) is -1.59. The lowest BCUT2D eigenvalue weighted by molar-refractivity contribution is 0.0380. The maximum absolute atomic E-state index is 6.28. The zero-order valence-corrected chi connectivity index (χ0v) is 17.7. The van der Waals surface area contributed by atoms with Crippen LogP contribution in [0, 0.1) is 0 Å². The first-order valence-electron chi connectivity index (χ1n) is 7.04.